The van der Waals surface area contributed by atoms with Gasteiger partial charge >= 0.3 is 7.12 Å². The van der Waals surface area contributed by atoms with Crippen LogP contribution in [-0.4, -0.2) is 23.3 Å². The Morgan fingerprint density at radius 3 is 2.11 bits per heavy atom. The molecule has 0 atom stereocenters. The minimum atomic E-state index is -0.778. The molecule has 0 unspecified atom stereocenters. The maximum Gasteiger partial charge on any atom is 0.499 e. The number of pyridine rings is 1. The minimum absolute atomic E-state index is 0.237. The van der Waals surface area contributed by atoms with E-state index in [0.717, 1.165) is 5.56 Å². The van der Waals surface area contributed by atoms with Crippen molar-refractivity contribution in [2.75, 3.05) is 0 Å². The van der Waals surface area contributed by atoms with Gasteiger partial charge in [0.15, 0.2) is 0 Å². The maximum absolute atomic E-state index is 14.5. The molecule has 0 aliphatic carbocycles. The summed E-state index contributed by atoms with van der Waals surface area (Å²) in [7, 11) is -0.778. The fourth-order valence-electron chi connectivity index (χ4n) is 2.81. The van der Waals surface area contributed by atoms with Gasteiger partial charge in [-0.3, -0.25) is 0 Å². The zero-order chi connectivity index (χ0) is 19.8. The van der Waals surface area contributed by atoms with Crippen molar-refractivity contribution in [3.05, 3.63) is 53.5 Å². The van der Waals surface area contributed by atoms with Crippen molar-refractivity contribution in [3.63, 3.8) is 0 Å². The van der Waals surface area contributed by atoms with E-state index in [1.165, 1.54) is 5.56 Å². The second kappa shape index (κ2) is 7.25. The molecule has 0 bridgehead atoms. The van der Waals surface area contributed by atoms with Crippen LogP contribution in [-0.2, 0) is 15.9 Å². The Kier molecular flexibility index (Phi) is 5.32. The Morgan fingerprint density at radius 2 is 1.59 bits per heavy atom. The quantitative estimate of drug-likeness (QED) is 0.583. The molecule has 1 fully saturated rings. The average Bonchev–Trinajstić information content (AvgIpc) is 2.81. The molecule has 2 heterocycles. The third kappa shape index (κ3) is 4.17. The van der Waals surface area contributed by atoms with Crippen LogP contribution in [0.1, 0.15) is 58.6 Å². The van der Waals surface area contributed by atoms with Crippen LogP contribution in [0.3, 0.4) is 0 Å². The fourth-order valence-corrected chi connectivity index (χ4v) is 2.81. The van der Waals surface area contributed by atoms with Crippen molar-refractivity contribution in [2.45, 2.75) is 65.3 Å². The standard InChI is InChI=1S/C21H27BFNO3/c1-14(2)16-9-7-15(8-10-16)13-25-18-12-11-17(19(23)24-18)22-26-20(3,4)21(5,6)27-22/h7-12,14H,13H2,1-6H3. The normalized spacial score (nSPS) is 18.1. The maximum atomic E-state index is 14.5. The van der Waals surface area contributed by atoms with Crippen LogP contribution in [0.4, 0.5) is 4.39 Å². The predicted molar refractivity (Wildman–Crippen MR) is 105 cm³/mol. The Morgan fingerprint density at radius 1 is 1.00 bits per heavy atom. The summed E-state index contributed by atoms with van der Waals surface area (Å²) in [5.74, 6) is 0.0834. The van der Waals surface area contributed by atoms with Crippen LogP contribution in [0.2, 0.25) is 0 Å². The van der Waals surface area contributed by atoms with Crippen LogP contribution in [0, 0.1) is 5.95 Å². The van der Waals surface area contributed by atoms with Crippen LogP contribution in [0.5, 0.6) is 5.88 Å². The molecule has 1 aliphatic rings. The van der Waals surface area contributed by atoms with E-state index >= 15 is 0 Å². The van der Waals surface area contributed by atoms with Crippen molar-refractivity contribution in [2.24, 2.45) is 0 Å². The predicted octanol–water partition coefficient (Wildman–Crippen LogP) is 4.22. The van der Waals surface area contributed by atoms with E-state index in [2.05, 4.69) is 31.0 Å². The third-order valence-corrected chi connectivity index (χ3v) is 5.39. The summed E-state index contributed by atoms with van der Waals surface area (Å²) in [6.45, 7) is 12.4. The first-order chi connectivity index (χ1) is 12.6. The van der Waals surface area contributed by atoms with Gasteiger partial charge in [-0.05, 0) is 44.7 Å². The molecule has 1 aromatic carbocycles. The molecule has 1 aromatic heterocycles. The topological polar surface area (TPSA) is 40.6 Å². The summed E-state index contributed by atoms with van der Waals surface area (Å²) in [5, 5.41) is 0. The van der Waals surface area contributed by atoms with E-state index in [1.54, 1.807) is 12.1 Å². The molecule has 27 heavy (non-hydrogen) atoms. The van der Waals surface area contributed by atoms with E-state index in [4.69, 9.17) is 14.0 Å². The van der Waals surface area contributed by atoms with E-state index in [-0.39, 0.29) is 11.3 Å². The van der Waals surface area contributed by atoms with Crippen molar-refractivity contribution in [1.29, 1.82) is 0 Å². The monoisotopic (exact) mass is 371 g/mol. The molecule has 0 amide bonds. The van der Waals surface area contributed by atoms with Crippen molar-refractivity contribution >= 4 is 12.6 Å². The van der Waals surface area contributed by atoms with Crippen LogP contribution in [0.25, 0.3) is 0 Å². The molecule has 3 rings (SSSR count). The van der Waals surface area contributed by atoms with E-state index in [9.17, 15) is 4.39 Å². The number of nitrogens with zero attached hydrogens (tertiary/aromatic N) is 1. The average molecular weight is 371 g/mol. The summed E-state index contributed by atoms with van der Waals surface area (Å²) in [4.78, 5) is 3.93. The molecule has 0 spiro atoms. The number of aromatic nitrogens is 1. The summed E-state index contributed by atoms with van der Waals surface area (Å²) in [6, 6.07) is 11.5. The summed E-state index contributed by atoms with van der Waals surface area (Å²) in [6.07, 6.45) is 0. The number of rotatable bonds is 5. The number of hydrogen-bond donors (Lipinski definition) is 0. The fraction of sp³-hybridized carbons (Fsp3) is 0.476. The van der Waals surface area contributed by atoms with E-state index < -0.39 is 24.3 Å². The molecule has 1 saturated heterocycles. The van der Waals surface area contributed by atoms with Gasteiger partial charge < -0.3 is 14.0 Å². The Labute approximate surface area is 161 Å². The van der Waals surface area contributed by atoms with Crippen LogP contribution < -0.4 is 10.2 Å². The summed E-state index contributed by atoms with van der Waals surface area (Å²) in [5.41, 5.74) is 1.51. The SMILES string of the molecule is CC(C)c1ccc(COc2ccc(B3OC(C)(C)C(C)(C)O3)c(F)n2)cc1. The third-order valence-electron chi connectivity index (χ3n) is 5.39. The number of hydrogen-bond acceptors (Lipinski definition) is 4. The molecule has 2 aromatic rings. The van der Waals surface area contributed by atoms with Gasteiger partial charge in [-0.25, -0.2) is 0 Å². The minimum Gasteiger partial charge on any atom is -0.473 e. The number of benzene rings is 1. The lowest BCUT2D eigenvalue weighted by atomic mass is 9.80. The van der Waals surface area contributed by atoms with Gasteiger partial charge in [0.25, 0.3) is 0 Å². The highest BCUT2D eigenvalue weighted by Gasteiger charge is 2.52. The highest BCUT2D eigenvalue weighted by atomic mass is 19.1. The Balaban J connectivity index is 1.67. The zero-order valence-corrected chi connectivity index (χ0v) is 16.9. The van der Waals surface area contributed by atoms with Crippen LogP contribution in [0.15, 0.2) is 36.4 Å². The van der Waals surface area contributed by atoms with Crippen molar-refractivity contribution < 1.29 is 18.4 Å². The first kappa shape index (κ1) is 19.8. The van der Waals surface area contributed by atoms with Gasteiger partial charge in [-0.2, -0.15) is 9.37 Å². The number of halogens is 1. The van der Waals surface area contributed by atoms with Crippen molar-refractivity contribution in [1.82, 2.24) is 4.98 Å². The molecule has 6 heteroatoms. The zero-order valence-electron chi connectivity index (χ0n) is 16.9. The van der Waals surface area contributed by atoms with Crippen LogP contribution >= 0.6 is 0 Å². The largest absolute Gasteiger partial charge is 0.499 e. The van der Waals surface area contributed by atoms with Gasteiger partial charge in [0.2, 0.25) is 11.8 Å². The molecule has 4 nitrogen and oxygen atoms in total. The summed E-state index contributed by atoms with van der Waals surface area (Å²) < 4.78 is 31.9. The Bertz CT molecular complexity index is 790. The molecule has 0 radical (unpaired) electrons. The highest BCUT2D eigenvalue weighted by molar-refractivity contribution is 6.62. The molecular formula is C21H27BFNO3. The molecule has 0 N–H and O–H groups in total. The lowest BCUT2D eigenvalue weighted by Gasteiger charge is -2.32. The molecule has 1 aliphatic heterocycles. The van der Waals surface area contributed by atoms with Crippen molar-refractivity contribution in [3.8, 4) is 5.88 Å². The van der Waals surface area contributed by atoms with E-state index in [1.807, 2.05) is 39.8 Å². The lowest BCUT2D eigenvalue weighted by molar-refractivity contribution is 0.00578. The second-order valence-corrected chi connectivity index (χ2v) is 8.30. The smallest absolute Gasteiger partial charge is 0.473 e. The van der Waals surface area contributed by atoms with Gasteiger partial charge in [0, 0.05) is 11.5 Å². The van der Waals surface area contributed by atoms with Gasteiger partial charge in [-0.15, -0.1) is 0 Å². The van der Waals surface area contributed by atoms with Gasteiger partial charge in [-0.1, -0.05) is 44.2 Å². The molecule has 0 saturated carbocycles. The highest BCUT2D eigenvalue weighted by Crippen LogP contribution is 2.36. The van der Waals surface area contributed by atoms with Gasteiger partial charge in [0.05, 0.1) is 11.2 Å². The second-order valence-electron chi connectivity index (χ2n) is 8.30. The number of ether oxygens (including phenoxy) is 1. The van der Waals surface area contributed by atoms with E-state index in [0.29, 0.717) is 12.5 Å². The molecule has 144 valence electrons. The lowest BCUT2D eigenvalue weighted by Crippen LogP contribution is -2.41. The first-order valence-corrected chi connectivity index (χ1v) is 9.33. The molecular weight excluding hydrogens is 344 g/mol. The summed E-state index contributed by atoms with van der Waals surface area (Å²) >= 11 is 0. The Hall–Kier alpha value is -1.92. The first-order valence-electron chi connectivity index (χ1n) is 9.33. The van der Waals surface area contributed by atoms with Gasteiger partial charge in [0.1, 0.15) is 6.61 Å².